The standard InChI is InChI=1S/C21H20N6O2/c1-15-6-7-27(24-15)20-13-19(22-14-23-20)25-8-10-26(11-9-25)21(28)18-12-16-4-2-3-5-17(16)29-18/h2-7,12-14H,8-11H2,1H3. The molecule has 0 spiro atoms. The van der Waals surface area contributed by atoms with E-state index in [2.05, 4.69) is 20.0 Å². The number of nitrogens with zero attached hydrogens (tertiary/aromatic N) is 6. The summed E-state index contributed by atoms with van der Waals surface area (Å²) in [6, 6.07) is 13.3. The molecule has 1 aromatic carbocycles. The van der Waals surface area contributed by atoms with Crippen molar-refractivity contribution in [2.24, 2.45) is 0 Å². The van der Waals surface area contributed by atoms with Gasteiger partial charge in [-0.15, -0.1) is 0 Å². The molecule has 0 saturated carbocycles. The number of amides is 1. The lowest BCUT2D eigenvalue weighted by Crippen LogP contribution is -2.49. The zero-order valence-electron chi connectivity index (χ0n) is 16.0. The van der Waals surface area contributed by atoms with Crippen molar-refractivity contribution in [1.82, 2.24) is 24.6 Å². The van der Waals surface area contributed by atoms with E-state index < -0.39 is 0 Å². The van der Waals surface area contributed by atoms with Crippen molar-refractivity contribution in [2.45, 2.75) is 6.92 Å². The third-order valence-corrected chi connectivity index (χ3v) is 5.12. The number of carbonyl (C=O) groups is 1. The summed E-state index contributed by atoms with van der Waals surface area (Å²) < 4.78 is 7.46. The number of aryl methyl sites for hydroxylation is 1. The van der Waals surface area contributed by atoms with Crippen LogP contribution in [-0.2, 0) is 0 Å². The molecule has 1 saturated heterocycles. The third-order valence-electron chi connectivity index (χ3n) is 5.12. The van der Waals surface area contributed by atoms with Gasteiger partial charge in [0.1, 0.15) is 17.7 Å². The van der Waals surface area contributed by atoms with E-state index in [1.54, 1.807) is 11.0 Å². The maximum atomic E-state index is 12.8. The summed E-state index contributed by atoms with van der Waals surface area (Å²) in [5.74, 6) is 1.87. The second kappa shape index (κ2) is 7.05. The van der Waals surface area contributed by atoms with Crippen molar-refractivity contribution >= 4 is 22.7 Å². The topological polar surface area (TPSA) is 80.3 Å². The molecule has 8 heteroatoms. The Bertz CT molecular complexity index is 1140. The first-order valence-corrected chi connectivity index (χ1v) is 9.55. The molecule has 0 atom stereocenters. The van der Waals surface area contributed by atoms with Crippen LogP contribution in [0.3, 0.4) is 0 Å². The van der Waals surface area contributed by atoms with Gasteiger partial charge in [0.15, 0.2) is 11.6 Å². The molecule has 3 aromatic heterocycles. The van der Waals surface area contributed by atoms with Crippen LogP contribution in [0, 0.1) is 6.92 Å². The number of para-hydroxylation sites is 1. The molecular weight excluding hydrogens is 368 g/mol. The molecule has 29 heavy (non-hydrogen) atoms. The van der Waals surface area contributed by atoms with E-state index in [-0.39, 0.29) is 5.91 Å². The van der Waals surface area contributed by atoms with E-state index in [1.165, 1.54) is 0 Å². The van der Waals surface area contributed by atoms with Gasteiger partial charge in [-0.1, -0.05) is 18.2 Å². The minimum Gasteiger partial charge on any atom is -0.451 e. The molecule has 1 aliphatic rings. The second-order valence-electron chi connectivity index (χ2n) is 7.06. The maximum Gasteiger partial charge on any atom is 0.289 e. The fourth-order valence-electron chi connectivity index (χ4n) is 3.56. The van der Waals surface area contributed by atoms with Crippen molar-refractivity contribution in [1.29, 1.82) is 0 Å². The molecule has 0 N–H and O–H groups in total. The number of rotatable bonds is 3. The van der Waals surface area contributed by atoms with Gasteiger partial charge < -0.3 is 14.2 Å². The molecule has 0 bridgehead atoms. The number of hydrogen-bond donors (Lipinski definition) is 0. The van der Waals surface area contributed by atoms with Crippen LogP contribution in [0.15, 0.2) is 59.4 Å². The zero-order valence-corrected chi connectivity index (χ0v) is 16.0. The number of carbonyl (C=O) groups excluding carboxylic acids is 1. The lowest BCUT2D eigenvalue weighted by atomic mass is 10.2. The van der Waals surface area contributed by atoms with Crippen LogP contribution in [-0.4, -0.2) is 56.7 Å². The van der Waals surface area contributed by atoms with E-state index in [0.717, 1.165) is 28.3 Å². The van der Waals surface area contributed by atoms with Crippen LogP contribution >= 0.6 is 0 Å². The maximum absolute atomic E-state index is 12.8. The van der Waals surface area contributed by atoms with Gasteiger partial charge in [0.05, 0.1) is 5.69 Å². The SMILES string of the molecule is Cc1ccn(-c2cc(N3CCN(C(=O)c4cc5ccccc5o4)CC3)ncn2)n1. The highest BCUT2D eigenvalue weighted by Gasteiger charge is 2.25. The van der Waals surface area contributed by atoms with E-state index in [9.17, 15) is 4.79 Å². The summed E-state index contributed by atoms with van der Waals surface area (Å²) in [7, 11) is 0. The van der Waals surface area contributed by atoms with Crippen molar-refractivity contribution in [3.05, 3.63) is 66.4 Å². The number of hydrogen-bond acceptors (Lipinski definition) is 6. The molecule has 8 nitrogen and oxygen atoms in total. The summed E-state index contributed by atoms with van der Waals surface area (Å²) in [4.78, 5) is 25.5. The quantitative estimate of drug-likeness (QED) is 0.537. The first-order chi connectivity index (χ1) is 14.2. The molecule has 4 aromatic rings. The molecule has 1 fully saturated rings. The molecule has 146 valence electrons. The highest BCUT2D eigenvalue weighted by molar-refractivity contribution is 5.96. The minimum atomic E-state index is -0.0729. The number of anilines is 1. The molecule has 1 amide bonds. The number of furan rings is 1. The molecular formula is C21H20N6O2. The average Bonchev–Trinajstić information content (AvgIpc) is 3.40. The lowest BCUT2D eigenvalue weighted by Gasteiger charge is -2.35. The van der Waals surface area contributed by atoms with Crippen LogP contribution < -0.4 is 4.90 Å². The lowest BCUT2D eigenvalue weighted by molar-refractivity contribution is 0.0717. The van der Waals surface area contributed by atoms with E-state index in [0.29, 0.717) is 31.9 Å². The molecule has 5 rings (SSSR count). The van der Waals surface area contributed by atoms with Crippen molar-refractivity contribution < 1.29 is 9.21 Å². The van der Waals surface area contributed by atoms with Gasteiger partial charge in [-0.25, -0.2) is 14.6 Å². The van der Waals surface area contributed by atoms with E-state index in [1.807, 2.05) is 60.5 Å². The fraction of sp³-hybridized carbons (Fsp3) is 0.238. The molecule has 0 radical (unpaired) electrons. The fourth-order valence-corrected chi connectivity index (χ4v) is 3.56. The Balaban J connectivity index is 1.28. The van der Waals surface area contributed by atoms with Crippen LogP contribution in [0.4, 0.5) is 5.82 Å². The van der Waals surface area contributed by atoms with Gasteiger partial charge in [0.25, 0.3) is 5.91 Å². The Morgan fingerprint density at radius 1 is 1.00 bits per heavy atom. The summed E-state index contributed by atoms with van der Waals surface area (Å²) in [5, 5.41) is 5.34. The van der Waals surface area contributed by atoms with Crippen LogP contribution in [0.5, 0.6) is 0 Å². The summed E-state index contributed by atoms with van der Waals surface area (Å²) in [6.07, 6.45) is 3.43. The van der Waals surface area contributed by atoms with Crippen molar-refractivity contribution in [3.63, 3.8) is 0 Å². The van der Waals surface area contributed by atoms with Gasteiger partial charge in [-0.3, -0.25) is 4.79 Å². The van der Waals surface area contributed by atoms with Gasteiger partial charge in [0.2, 0.25) is 0 Å². The van der Waals surface area contributed by atoms with Gasteiger partial charge >= 0.3 is 0 Å². The number of benzene rings is 1. The largest absolute Gasteiger partial charge is 0.451 e. The Morgan fingerprint density at radius 2 is 1.79 bits per heavy atom. The smallest absolute Gasteiger partial charge is 0.289 e. The Kier molecular flexibility index (Phi) is 4.23. The molecule has 0 unspecified atom stereocenters. The molecule has 0 aliphatic carbocycles. The molecule has 4 heterocycles. The van der Waals surface area contributed by atoms with Crippen LogP contribution in [0.1, 0.15) is 16.2 Å². The minimum absolute atomic E-state index is 0.0729. The average molecular weight is 388 g/mol. The predicted octanol–water partition coefficient (Wildman–Crippen LogP) is 2.68. The number of fused-ring (bicyclic) bond motifs is 1. The van der Waals surface area contributed by atoms with Crippen molar-refractivity contribution in [3.8, 4) is 5.82 Å². The number of aromatic nitrogens is 4. The summed E-state index contributed by atoms with van der Waals surface area (Å²) in [6.45, 7) is 4.55. The zero-order chi connectivity index (χ0) is 19.8. The van der Waals surface area contributed by atoms with Gasteiger partial charge in [0, 0.05) is 43.8 Å². The van der Waals surface area contributed by atoms with Crippen molar-refractivity contribution in [2.75, 3.05) is 31.1 Å². The monoisotopic (exact) mass is 388 g/mol. The predicted molar refractivity (Wildman–Crippen MR) is 108 cm³/mol. The van der Waals surface area contributed by atoms with Crippen LogP contribution in [0.2, 0.25) is 0 Å². The number of piperazine rings is 1. The Labute approximate surface area is 167 Å². The van der Waals surface area contributed by atoms with E-state index >= 15 is 0 Å². The first kappa shape index (κ1) is 17.4. The Hall–Kier alpha value is -3.68. The Morgan fingerprint density at radius 3 is 2.55 bits per heavy atom. The third kappa shape index (κ3) is 3.33. The summed E-state index contributed by atoms with van der Waals surface area (Å²) >= 11 is 0. The normalized spacial score (nSPS) is 14.5. The van der Waals surface area contributed by atoms with Gasteiger partial charge in [-0.05, 0) is 25.1 Å². The first-order valence-electron chi connectivity index (χ1n) is 9.55. The van der Waals surface area contributed by atoms with E-state index in [4.69, 9.17) is 4.42 Å². The molecule has 1 aliphatic heterocycles. The van der Waals surface area contributed by atoms with Gasteiger partial charge in [-0.2, -0.15) is 5.10 Å². The van der Waals surface area contributed by atoms with Crippen LogP contribution in [0.25, 0.3) is 16.8 Å². The highest BCUT2D eigenvalue weighted by atomic mass is 16.3. The second-order valence-corrected chi connectivity index (χ2v) is 7.06. The summed E-state index contributed by atoms with van der Waals surface area (Å²) in [5.41, 5.74) is 1.67. The highest BCUT2D eigenvalue weighted by Crippen LogP contribution is 2.21.